The molecule has 1 fully saturated rings. The Morgan fingerprint density at radius 2 is 1.93 bits per heavy atom. The van der Waals surface area contributed by atoms with E-state index in [0.29, 0.717) is 5.92 Å². The molecule has 0 aliphatic carbocycles. The summed E-state index contributed by atoms with van der Waals surface area (Å²) in [4.78, 5) is 13.6. The molecule has 0 aromatic carbocycles. The van der Waals surface area contributed by atoms with Crippen LogP contribution in [-0.2, 0) is 4.79 Å². The molecule has 0 aromatic rings. The maximum Gasteiger partial charge on any atom is 0.137 e. The first-order valence-corrected chi connectivity index (χ1v) is 6.49. The van der Waals surface area contributed by atoms with E-state index in [0.717, 1.165) is 13.1 Å². The smallest absolute Gasteiger partial charge is 0.137 e. The summed E-state index contributed by atoms with van der Waals surface area (Å²) in [5, 5.41) is 0. The Morgan fingerprint density at radius 1 is 1.27 bits per heavy atom. The van der Waals surface area contributed by atoms with Crippen molar-refractivity contribution in [1.29, 1.82) is 0 Å². The Morgan fingerprint density at radius 3 is 2.47 bits per heavy atom. The van der Waals surface area contributed by atoms with Crippen molar-refractivity contribution >= 4 is 6.29 Å². The Labute approximate surface area is 94.0 Å². The summed E-state index contributed by atoms with van der Waals surface area (Å²) >= 11 is 0. The van der Waals surface area contributed by atoms with Crippen molar-refractivity contribution in [3.63, 3.8) is 0 Å². The average Bonchev–Trinajstić information content (AvgIpc) is 2.29. The minimum Gasteiger partial charge on any atom is -0.302 e. The molecule has 1 aliphatic heterocycles. The fourth-order valence-electron chi connectivity index (χ4n) is 2.49. The van der Waals surface area contributed by atoms with E-state index in [1.807, 2.05) is 0 Å². The van der Waals surface area contributed by atoms with Gasteiger partial charge in [-0.15, -0.1) is 0 Å². The highest BCUT2D eigenvalue weighted by molar-refractivity contribution is 5.58. The summed E-state index contributed by atoms with van der Waals surface area (Å²) in [6.45, 7) is 6.69. The molecular weight excluding hydrogens is 186 g/mol. The van der Waals surface area contributed by atoms with Crippen molar-refractivity contribution in [2.24, 2.45) is 5.92 Å². The predicted octanol–water partition coefficient (Wildman–Crippen LogP) is 2.87. The Balaban J connectivity index is 2.41. The summed E-state index contributed by atoms with van der Waals surface area (Å²) in [5.74, 6) is 0.528. The van der Waals surface area contributed by atoms with Gasteiger partial charge in [-0.3, -0.25) is 4.90 Å². The number of carbonyl (C=O) groups excluding carboxylic acids is 1. The summed E-state index contributed by atoms with van der Waals surface area (Å²) in [6, 6.07) is 0.178. The number of likely N-dealkylation sites (tertiary alicyclic amines) is 1. The summed E-state index contributed by atoms with van der Waals surface area (Å²) in [5.41, 5.74) is 0. The van der Waals surface area contributed by atoms with Crippen LogP contribution in [0, 0.1) is 5.92 Å². The molecule has 0 bridgehead atoms. The van der Waals surface area contributed by atoms with Gasteiger partial charge in [-0.25, -0.2) is 0 Å². The number of hydrogen-bond acceptors (Lipinski definition) is 2. The summed E-state index contributed by atoms with van der Waals surface area (Å²) < 4.78 is 0. The van der Waals surface area contributed by atoms with Crippen LogP contribution in [0.2, 0.25) is 0 Å². The van der Waals surface area contributed by atoms with E-state index < -0.39 is 0 Å². The molecule has 1 rings (SSSR count). The molecule has 1 saturated heterocycles. The molecule has 0 spiro atoms. The molecule has 2 atom stereocenters. The molecule has 2 unspecified atom stereocenters. The third kappa shape index (κ3) is 3.94. The topological polar surface area (TPSA) is 20.3 Å². The largest absolute Gasteiger partial charge is 0.302 e. The number of carbonyl (C=O) groups is 1. The minimum absolute atomic E-state index is 0.178. The molecule has 0 radical (unpaired) electrons. The molecule has 0 aromatic heterocycles. The fraction of sp³-hybridized carbons (Fsp3) is 0.923. The number of piperidine rings is 1. The van der Waals surface area contributed by atoms with Gasteiger partial charge in [0.15, 0.2) is 0 Å². The standard InChI is InChI=1S/C13H25NO/c1-3-4-8-12(2)13(11-15)14-9-6-5-7-10-14/h11-13H,3-10H2,1-2H3. The zero-order chi connectivity index (χ0) is 11.1. The second kappa shape index (κ2) is 7.00. The zero-order valence-corrected chi connectivity index (χ0v) is 10.2. The van der Waals surface area contributed by atoms with Gasteiger partial charge in [-0.2, -0.15) is 0 Å². The van der Waals surface area contributed by atoms with Crippen LogP contribution < -0.4 is 0 Å². The van der Waals surface area contributed by atoms with Gasteiger partial charge in [0, 0.05) is 0 Å². The fourth-order valence-corrected chi connectivity index (χ4v) is 2.49. The van der Waals surface area contributed by atoms with E-state index >= 15 is 0 Å². The highest BCUT2D eigenvalue weighted by Gasteiger charge is 2.24. The van der Waals surface area contributed by atoms with Crippen molar-refractivity contribution in [3.8, 4) is 0 Å². The lowest BCUT2D eigenvalue weighted by atomic mass is 9.94. The second-order valence-electron chi connectivity index (χ2n) is 4.84. The molecule has 1 aliphatic rings. The third-order valence-electron chi connectivity index (χ3n) is 3.55. The van der Waals surface area contributed by atoms with E-state index in [1.54, 1.807) is 0 Å². The van der Waals surface area contributed by atoms with Crippen LogP contribution in [0.3, 0.4) is 0 Å². The van der Waals surface area contributed by atoms with Crippen molar-refractivity contribution in [2.45, 2.75) is 58.4 Å². The van der Waals surface area contributed by atoms with Gasteiger partial charge in [-0.1, -0.05) is 33.1 Å². The zero-order valence-electron chi connectivity index (χ0n) is 10.2. The first-order valence-electron chi connectivity index (χ1n) is 6.49. The maximum absolute atomic E-state index is 11.2. The van der Waals surface area contributed by atoms with Crippen LogP contribution in [0.5, 0.6) is 0 Å². The molecule has 1 heterocycles. The molecule has 0 amide bonds. The van der Waals surface area contributed by atoms with Crippen LogP contribution in [0.1, 0.15) is 52.4 Å². The predicted molar refractivity (Wildman–Crippen MR) is 64.0 cm³/mol. The molecule has 0 N–H and O–H groups in total. The SMILES string of the molecule is CCCCC(C)C(C=O)N1CCCCC1. The molecule has 2 heteroatoms. The molecule has 88 valence electrons. The number of nitrogens with zero attached hydrogens (tertiary/aromatic N) is 1. The Hall–Kier alpha value is -0.370. The van der Waals surface area contributed by atoms with E-state index in [-0.39, 0.29) is 6.04 Å². The first kappa shape index (κ1) is 12.7. The lowest BCUT2D eigenvalue weighted by Gasteiger charge is -2.34. The van der Waals surface area contributed by atoms with Crippen LogP contribution in [-0.4, -0.2) is 30.3 Å². The lowest BCUT2D eigenvalue weighted by Crippen LogP contribution is -2.43. The highest BCUT2D eigenvalue weighted by Crippen LogP contribution is 2.20. The maximum atomic E-state index is 11.2. The van der Waals surface area contributed by atoms with Crippen molar-refractivity contribution in [2.75, 3.05) is 13.1 Å². The number of aldehydes is 1. The van der Waals surface area contributed by atoms with Gasteiger partial charge in [0.05, 0.1) is 6.04 Å². The van der Waals surface area contributed by atoms with Gasteiger partial charge < -0.3 is 4.79 Å². The van der Waals surface area contributed by atoms with Gasteiger partial charge in [-0.05, 0) is 38.3 Å². The van der Waals surface area contributed by atoms with Crippen LogP contribution >= 0.6 is 0 Å². The summed E-state index contributed by atoms with van der Waals surface area (Å²) in [6.07, 6.45) is 8.72. The first-order chi connectivity index (χ1) is 7.29. The normalized spacial score (nSPS) is 22.3. The van der Waals surface area contributed by atoms with Crippen molar-refractivity contribution in [3.05, 3.63) is 0 Å². The quantitative estimate of drug-likeness (QED) is 0.630. The number of unbranched alkanes of at least 4 members (excludes halogenated alkanes) is 1. The van der Waals surface area contributed by atoms with E-state index in [4.69, 9.17) is 0 Å². The second-order valence-corrected chi connectivity index (χ2v) is 4.84. The highest BCUT2D eigenvalue weighted by atomic mass is 16.1. The molecular formula is C13H25NO. The number of hydrogen-bond donors (Lipinski definition) is 0. The average molecular weight is 211 g/mol. The Kier molecular flexibility index (Phi) is 5.92. The number of rotatable bonds is 6. The van der Waals surface area contributed by atoms with Crippen molar-refractivity contribution in [1.82, 2.24) is 4.90 Å². The summed E-state index contributed by atoms with van der Waals surface area (Å²) in [7, 11) is 0. The van der Waals surface area contributed by atoms with Crippen LogP contribution in [0.25, 0.3) is 0 Å². The van der Waals surface area contributed by atoms with E-state index in [9.17, 15) is 4.79 Å². The van der Waals surface area contributed by atoms with E-state index in [2.05, 4.69) is 18.7 Å². The van der Waals surface area contributed by atoms with Gasteiger partial charge in [0.1, 0.15) is 6.29 Å². The van der Waals surface area contributed by atoms with Crippen LogP contribution in [0.15, 0.2) is 0 Å². The minimum atomic E-state index is 0.178. The molecule has 2 nitrogen and oxygen atoms in total. The van der Waals surface area contributed by atoms with Gasteiger partial charge >= 0.3 is 0 Å². The van der Waals surface area contributed by atoms with Gasteiger partial charge in [0.2, 0.25) is 0 Å². The molecule has 15 heavy (non-hydrogen) atoms. The third-order valence-corrected chi connectivity index (χ3v) is 3.55. The molecule has 0 saturated carbocycles. The monoisotopic (exact) mass is 211 g/mol. The lowest BCUT2D eigenvalue weighted by molar-refractivity contribution is -0.114. The van der Waals surface area contributed by atoms with Crippen LogP contribution in [0.4, 0.5) is 0 Å². The Bertz CT molecular complexity index is 175. The van der Waals surface area contributed by atoms with Gasteiger partial charge in [0.25, 0.3) is 0 Å². The van der Waals surface area contributed by atoms with E-state index in [1.165, 1.54) is 44.8 Å². The van der Waals surface area contributed by atoms with Crippen molar-refractivity contribution < 1.29 is 4.79 Å².